The summed E-state index contributed by atoms with van der Waals surface area (Å²) in [4.78, 5) is 7.00. The van der Waals surface area contributed by atoms with E-state index in [4.69, 9.17) is 17.2 Å². The number of nitrogens with one attached hydrogen (secondary N) is 1. The van der Waals surface area contributed by atoms with E-state index in [1.54, 1.807) is 0 Å². The third kappa shape index (κ3) is 4.25. The van der Waals surface area contributed by atoms with Crippen molar-refractivity contribution in [1.82, 2.24) is 14.9 Å². The van der Waals surface area contributed by atoms with Gasteiger partial charge >= 0.3 is 0 Å². The predicted molar refractivity (Wildman–Crippen MR) is 149 cm³/mol. The maximum absolute atomic E-state index is 5.95. The average Bonchev–Trinajstić information content (AvgIpc) is 3.28. The SMILES string of the molecule is Cc1cc(C)cc(N2C(=S)N[C@H](c3ccccn3)[C@H]2c2cc(C)n(-c3cc(C)cc(C)c3)c2C)c1. The molecule has 1 fully saturated rings. The lowest BCUT2D eigenvalue weighted by Gasteiger charge is -2.29. The number of aromatic nitrogens is 2. The van der Waals surface area contributed by atoms with Crippen molar-refractivity contribution in [3.05, 3.63) is 112 Å². The van der Waals surface area contributed by atoms with Crippen molar-refractivity contribution in [1.29, 1.82) is 0 Å². The first-order valence-electron chi connectivity index (χ1n) is 12.1. The molecular weight excluding hydrogens is 448 g/mol. The number of hydrogen-bond acceptors (Lipinski definition) is 2. The second kappa shape index (κ2) is 8.97. The Morgan fingerprint density at radius 2 is 1.37 bits per heavy atom. The van der Waals surface area contributed by atoms with Crippen molar-refractivity contribution in [2.75, 3.05) is 4.90 Å². The Morgan fingerprint density at radius 1 is 0.771 bits per heavy atom. The zero-order chi connectivity index (χ0) is 24.9. The Bertz CT molecular complexity index is 1380. The fourth-order valence-electron chi connectivity index (χ4n) is 5.60. The molecule has 1 aliphatic rings. The molecule has 4 aromatic rings. The van der Waals surface area contributed by atoms with Gasteiger partial charge in [-0.3, -0.25) is 4.98 Å². The van der Waals surface area contributed by atoms with Crippen LogP contribution in [0, 0.1) is 41.5 Å². The third-order valence-electron chi connectivity index (χ3n) is 6.84. The largest absolute Gasteiger partial charge is 0.351 e. The molecule has 2 atom stereocenters. The molecule has 178 valence electrons. The molecule has 0 unspecified atom stereocenters. The van der Waals surface area contributed by atoms with Crippen molar-refractivity contribution < 1.29 is 0 Å². The van der Waals surface area contributed by atoms with Gasteiger partial charge in [0.15, 0.2) is 5.11 Å². The minimum absolute atomic E-state index is 0.0237. The molecule has 5 rings (SSSR count). The monoisotopic (exact) mass is 480 g/mol. The van der Waals surface area contributed by atoms with Crippen LogP contribution in [-0.4, -0.2) is 14.7 Å². The van der Waals surface area contributed by atoms with Gasteiger partial charge in [0.2, 0.25) is 0 Å². The van der Waals surface area contributed by atoms with Crippen molar-refractivity contribution >= 4 is 23.0 Å². The van der Waals surface area contributed by atoms with Crippen molar-refractivity contribution in [2.45, 2.75) is 53.6 Å². The highest BCUT2D eigenvalue weighted by molar-refractivity contribution is 7.80. The molecule has 5 heteroatoms. The minimum atomic E-state index is -0.0577. The second-order valence-corrected chi connectivity index (χ2v) is 10.2. The molecule has 0 radical (unpaired) electrons. The van der Waals surface area contributed by atoms with E-state index in [1.807, 2.05) is 18.3 Å². The van der Waals surface area contributed by atoms with Crippen LogP contribution in [0.2, 0.25) is 0 Å². The fraction of sp³-hybridized carbons (Fsp3) is 0.267. The Balaban J connectivity index is 1.71. The highest BCUT2D eigenvalue weighted by Gasteiger charge is 2.42. The molecule has 0 amide bonds. The van der Waals surface area contributed by atoms with E-state index in [-0.39, 0.29) is 12.1 Å². The molecule has 4 nitrogen and oxygen atoms in total. The van der Waals surface area contributed by atoms with Crippen molar-refractivity contribution in [3.63, 3.8) is 0 Å². The quantitative estimate of drug-likeness (QED) is 0.322. The first kappa shape index (κ1) is 23.3. The third-order valence-corrected chi connectivity index (χ3v) is 7.15. The van der Waals surface area contributed by atoms with Crippen LogP contribution in [0.3, 0.4) is 0 Å². The fourth-order valence-corrected chi connectivity index (χ4v) is 5.95. The van der Waals surface area contributed by atoms with Crippen LogP contribution in [0.4, 0.5) is 5.69 Å². The lowest BCUT2D eigenvalue weighted by atomic mass is 9.96. The van der Waals surface area contributed by atoms with Crippen LogP contribution in [-0.2, 0) is 0 Å². The molecule has 1 saturated heterocycles. The van der Waals surface area contributed by atoms with E-state index in [0.717, 1.165) is 16.5 Å². The normalized spacial score (nSPS) is 17.7. The molecular formula is C30H32N4S. The van der Waals surface area contributed by atoms with Gasteiger partial charge in [-0.2, -0.15) is 0 Å². The lowest BCUT2D eigenvalue weighted by Crippen LogP contribution is -2.29. The van der Waals surface area contributed by atoms with E-state index >= 15 is 0 Å². The van der Waals surface area contributed by atoms with Crippen LogP contribution in [0.1, 0.15) is 57.0 Å². The number of benzene rings is 2. The maximum Gasteiger partial charge on any atom is 0.174 e. The highest BCUT2D eigenvalue weighted by Crippen LogP contribution is 2.44. The number of hydrogen-bond donors (Lipinski definition) is 1. The van der Waals surface area contributed by atoms with Gasteiger partial charge in [0.25, 0.3) is 0 Å². The topological polar surface area (TPSA) is 33.1 Å². The summed E-state index contributed by atoms with van der Waals surface area (Å²) in [5.41, 5.74) is 12.0. The van der Waals surface area contributed by atoms with Crippen molar-refractivity contribution in [2.24, 2.45) is 0 Å². The summed E-state index contributed by atoms with van der Waals surface area (Å²) >= 11 is 5.95. The summed E-state index contributed by atoms with van der Waals surface area (Å²) < 4.78 is 2.37. The number of aryl methyl sites for hydroxylation is 5. The van der Waals surface area contributed by atoms with Crippen LogP contribution >= 0.6 is 12.2 Å². The number of rotatable bonds is 4. The zero-order valence-corrected chi connectivity index (χ0v) is 22.1. The van der Waals surface area contributed by atoms with E-state index < -0.39 is 0 Å². The van der Waals surface area contributed by atoms with E-state index in [2.05, 4.69) is 105 Å². The predicted octanol–water partition coefficient (Wildman–Crippen LogP) is 6.90. The van der Waals surface area contributed by atoms with Crippen LogP contribution in [0.5, 0.6) is 0 Å². The smallest absolute Gasteiger partial charge is 0.174 e. The first-order valence-corrected chi connectivity index (χ1v) is 12.5. The maximum atomic E-state index is 5.95. The molecule has 35 heavy (non-hydrogen) atoms. The lowest BCUT2D eigenvalue weighted by molar-refractivity contribution is 0.565. The summed E-state index contributed by atoms with van der Waals surface area (Å²) in [6, 6.07) is 21.7. The first-order chi connectivity index (χ1) is 16.7. The van der Waals surface area contributed by atoms with Gasteiger partial charge in [-0.1, -0.05) is 18.2 Å². The molecule has 0 spiro atoms. The number of pyridine rings is 1. The summed E-state index contributed by atoms with van der Waals surface area (Å²) in [6.45, 7) is 13.0. The van der Waals surface area contributed by atoms with Crippen LogP contribution in [0.15, 0.2) is 66.9 Å². The Kier molecular flexibility index (Phi) is 5.97. The summed E-state index contributed by atoms with van der Waals surface area (Å²) in [5.74, 6) is 0. The van der Waals surface area contributed by atoms with Gasteiger partial charge in [-0.05, 0) is 124 Å². The Morgan fingerprint density at radius 3 is 1.94 bits per heavy atom. The van der Waals surface area contributed by atoms with Gasteiger partial charge in [0, 0.05) is 29.0 Å². The van der Waals surface area contributed by atoms with Gasteiger partial charge in [-0.25, -0.2) is 0 Å². The molecule has 1 aliphatic heterocycles. The Labute approximate surface area is 213 Å². The Hall–Kier alpha value is -3.44. The van der Waals surface area contributed by atoms with E-state index in [9.17, 15) is 0 Å². The molecule has 0 bridgehead atoms. The molecule has 1 N–H and O–H groups in total. The second-order valence-electron chi connectivity index (χ2n) is 9.85. The van der Waals surface area contributed by atoms with Gasteiger partial charge in [0.05, 0.1) is 17.8 Å². The van der Waals surface area contributed by atoms with Gasteiger partial charge in [0.1, 0.15) is 0 Å². The summed E-state index contributed by atoms with van der Waals surface area (Å²) in [5, 5.41) is 4.33. The van der Waals surface area contributed by atoms with Gasteiger partial charge in [-0.15, -0.1) is 0 Å². The van der Waals surface area contributed by atoms with Gasteiger partial charge < -0.3 is 14.8 Å². The van der Waals surface area contributed by atoms with Crippen LogP contribution < -0.4 is 10.2 Å². The number of thiocarbonyl (C=S) groups is 1. The zero-order valence-electron chi connectivity index (χ0n) is 21.3. The average molecular weight is 481 g/mol. The van der Waals surface area contributed by atoms with Crippen molar-refractivity contribution in [3.8, 4) is 5.69 Å². The highest BCUT2D eigenvalue weighted by atomic mass is 32.1. The minimum Gasteiger partial charge on any atom is -0.351 e. The van der Waals surface area contributed by atoms with E-state index in [1.165, 1.54) is 44.9 Å². The molecule has 2 aromatic carbocycles. The van der Waals surface area contributed by atoms with E-state index in [0.29, 0.717) is 0 Å². The summed E-state index contributed by atoms with van der Waals surface area (Å²) in [6.07, 6.45) is 1.86. The number of nitrogens with zero attached hydrogens (tertiary/aromatic N) is 3. The molecule has 2 aromatic heterocycles. The molecule has 3 heterocycles. The standard InChI is InChI=1S/C30H32N4S/c1-18-11-19(2)14-24(13-18)33-22(5)17-26(23(33)6)29-28(27-9-7-8-10-31-27)32-30(35)34(29)25-15-20(3)12-21(4)16-25/h7-17,28-29H,1-6H3,(H,32,35)/t28-,29-/m1/s1. The van der Waals surface area contributed by atoms with Crippen LogP contribution in [0.25, 0.3) is 5.69 Å². The molecule has 0 aliphatic carbocycles. The summed E-state index contributed by atoms with van der Waals surface area (Å²) in [7, 11) is 0. The number of anilines is 1. The molecule has 0 saturated carbocycles.